The van der Waals surface area contributed by atoms with Crippen molar-refractivity contribution in [3.63, 3.8) is 0 Å². The van der Waals surface area contributed by atoms with Crippen LogP contribution in [0.4, 0.5) is 0 Å². The second kappa shape index (κ2) is 3.27. The Labute approximate surface area is 65.2 Å². The lowest BCUT2D eigenvalue weighted by molar-refractivity contribution is -0.108. The SMILES string of the molecule is CC(C)c1cnnn1CC=O. The van der Waals surface area contributed by atoms with Gasteiger partial charge in [0.25, 0.3) is 0 Å². The van der Waals surface area contributed by atoms with Crippen molar-refractivity contribution in [3.05, 3.63) is 11.9 Å². The molecule has 0 aromatic carbocycles. The summed E-state index contributed by atoms with van der Waals surface area (Å²) in [5.74, 6) is 0.366. The van der Waals surface area contributed by atoms with Crippen LogP contribution in [-0.4, -0.2) is 21.3 Å². The maximum absolute atomic E-state index is 10.2. The lowest BCUT2D eigenvalue weighted by Gasteiger charge is -2.03. The number of carbonyl (C=O) groups is 1. The van der Waals surface area contributed by atoms with Gasteiger partial charge in [0.1, 0.15) is 6.29 Å². The minimum Gasteiger partial charge on any atom is -0.301 e. The van der Waals surface area contributed by atoms with Crippen LogP contribution >= 0.6 is 0 Å². The van der Waals surface area contributed by atoms with Gasteiger partial charge in [0.2, 0.25) is 0 Å². The van der Waals surface area contributed by atoms with Gasteiger partial charge in [0, 0.05) is 0 Å². The Morgan fingerprint density at radius 1 is 1.73 bits per heavy atom. The van der Waals surface area contributed by atoms with Gasteiger partial charge in [-0.25, -0.2) is 4.68 Å². The molecule has 0 fully saturated rings. The van der Waals surface area contributed by atoms with Gasteiger partial charge in [0.05, 0.1) is 18.4 Å². The zero-order valence-corrected chi connectivity index (χ0v) is 6.69. The second-order valence-corrected chi connectivity index (χ2v) is 2.66. The summed E-state index contributed by atoms with van der Waals surface area (Å²) in [5.41, 5.74) is 0.997. The van der Waals surface area contributed by atoms with Crippen LogP contribution in [0.1, 0.15) is 25.5 Å². The molecule has 1 rings (SSSR count). The molecule has 0 radical (unpaired) electrons. The minimum atomic E-state index is 0.299. The summed E-state index contributed by atoms with van der Waals surface area (Å²) in [7, 11) is 0. The molecule has 4 heteroatoms. The first-order valence-corrected chi connectivity index (χ1v) is 3.57. The normalized spacial score (nSPS) is 10.5. The summed E-state index contributed by atoms with van der Waals surface area (Å²) < 4.78 is 1.61. The molecule has 0 bridgehead atoms. The van der Waals surface area contributed by atoms with Crippen molar-refractivity contribution < 1.29 is 4.79 Å². The third kappa shape index (κ3) is 1.63. The summed E-state index contributed by atoms with van der Waals surface area (Å²) in [6, 6.07) is 0. The van der Waals surface area contributed by atoms with Crippen LogP contribution in [0.25, 0.3) is 0 Å². The molecule has 0 aliphatic rings. The molecule has 4 nitrogen and oxygen atoms in total. The van der Waals surface area contributed by atoms with E-state index in [0.717, 1.165) is 12.0 Å². The fraction of sp³-hybridized carbons (Fsp3) is 0.571. The van der Waals surface area contributed by atoms with E-state index in [1.165, 1.54) is 0 Å². The van der Waals surface area contributed by atoms with Crippen molar-refractivity contribution in [3.8, 4) is 0 Å². The van der Waals surface area contributed by atoms with E-state index < -0.39 is 0 Å². The predicted octanol–water partition coefficient (Wildman–Crippen LogP) is 0.600. The van der Waals surface area contributed by atoms with E-state index >= 15 is 0 Å². The Morgan fingerprint density at radius 3 is 3.00 bits per heavy atom. The minimum absolute atomic E-state index is 0.299. The lowest BCUT2D eigenvalue weighted by atomic mass is 10.1. The fourth-order valence-electron chi connectivity index (χ4n) is 0.925. The number of hydrogen-bond donors (Lipinski definition) is 0. The van der Waals surface area contributed by atoms with E-state index in [0.29, 0.717) is 12.5 Å². The summed E-state index contributed by atoms with van der Waals surface area (Å²) in [5, 5.41) is 7.48. The van der Waals surface area contributed by atoms with Gasteiger partial charge < -0.3 is 4.79 Å². The monoisotopic (exact) mass is 153 g/mol. The van der Waals surface area contributed by atoms with Crippen LogP contribution < -0.4 is 0 Å². The first kappa shape index (κ1) is 7.91. The van der Waals surface area contributed by atoms with Crippen LogP contribution in [0.15, 0.2) is 6.20 Å². The summed E-state index contributed by atoms with van der Waals surface area (Å²) in [6.45, 7) is 4.38. The molecular formula is C7H11N3O. The van der Waals surface area contributed by atoms with Crippen molar-refractivity contribution >= 4 is 6.29 Å². The van der Waals surface area contributed by atoms with E-state index in [1.54, 1.807) is 10.9 Å². The highest BCUT2D eigenvalue weighted by Crippen LogP contribution is 2.10. The van der Waals surface area contributed by atoms with Crippen molar-refractivity contribution in [2.45, 2.75) is 26.3 Å². The maximum Gasteiger partial charge on any atom is 0.141 e. The van der Waals surface area contributed by atoms with Crippen LogP contribution in [0.5, 0.6) is 0 Å². The molecule has 0 atom stereocenters. The second-order valence-electron chi connectivity index (χ2n) is 2.66. The standard InChI is InChI=1S/C7H11N3O/c1-6(2)7-5-8-9-10(7)3-4-11/h4-6H,3H2,1-2H3. The molecule has 11 heavy (non-hydrogen) atoms. The van der Waals surface area contributed by atoms with Crippen LogP contribution in [0.2, 0.25) is 0 Å². The highest BCUT2D eigenvalue weighted by atomic mass is 16.1. The molecule has 0 spiro atoms. The molecule has 0 aliphatic heterocycles. The summed E-state index contributed by atoms with van der Waals surface area (Å²) in [4.78, 5) is 10.2. The first-order chi connectivity index (χ1) is 5.25. The Bertz CT molecular complexity index is 242. The highest BCUT2D eigenvalue weighted by molar-refractivity contribution is 5.49. The van der Waals surface area contributed by atoms with E-state index in [2.05, 4.69) is 10.3 Å². The van der Waals surface area contributed by atoms with E-state index in [9.17, 15) is 4.79 Å². The number of carbonyl (C=O) groups excluding carboxylic acids is 1. The van der Waals surface area contributed by atoms with Crippen molar-refractivity contribution in [1.82, 2.24) is 15.0 Å². The Kier molecular flexibility index (Phi) is 2.36. The molecule has 0 aliphatic carbocycles. The van der Waals surface area contributed by atoms with Gasteiger partial charge in [-0.1, -0.05) is 19.1 Å². The number of rotatable bonds is 3. The van der Waals surface area contributed by atoms with E-state index in [1.807, 2.05) is 13.8 Å². The fourth-order valence-corrected chi connectivity index (χ4v) is 0.925. The molecule has 1 aromatic heterocycles. The van der Waals surface area contributed by atoms with Crippen molar-refractivity contribution in [2.24, 2.45) is 0 Å². The number of hydrogen-bond acceptors (Lipinski definition) is 3. The molecule has 1 aromatic rings. The predicted molar refractivity (Wildman–Crippen MR) is 40.2 cm³/mol. The summed E-state index contributed by atoms with van der Waals surface area (Å²) in [6.07, 6.45) is 2.51. The third-order valence-electron chi connectivity index (χ3n) is 1.49. The summed E-state index contributed by atoms with van der Waals surface area (Å²) >= 11 is 0. The van der Waals surface area contributed by atoms with Crippen molar-refractivity contribution in [2.75, 3.05) is 0 Å². The largest absolute Gasteiger partial charge is 0.301 e. The average molecular weight is 153 g/mol. The molecule has 0 saturated heterocycles. The van der Waals surface area contributed by atoms with Crippen molar-refractivity contribution in [1.29, 1.82) is 0 Å². The maximum atomic E-state index is 10.2. The van der Waals surface area contributed by atoms with Gasteiger partial charge >= 0.3 is 0 Å². The number of nitrogens with zero attached hydrogens (tertiary/aromatic N) is 3. The van der Waals surface area contributed by atoms with Gasteiger partial charge in [-0.2, -0.15) is 0 Å². The molecule has 0 saturated carbocycles. The molecule has 0 N–H and O–H groups in total. The molecule has 0 unspecified atom stereocenters. The Balaban J connectivity index is 2.86. The molecule has 0 amide bonds. The number of aldehydes is 1. The average Bonchev–Trinajstić information content (AvgIpc) is 2.36. The molecule has 1 heterocycles. The topological polar surface area (TPSA) is 47.8 Å². The van der Waals surface area contributed by atoms with Crippen LogP contribution in [0, 0.1) is 0 Å². The van der Waals surface area contributed by atoms with Crippen LogP contribution in [-0.2, 0) is 11.3 Å². The Morgan fingerprint density at radius 2 is 2.45 bits per heavy atom. The first-order valence-electron chi connectivity index (χ1n) is 3.57. The third-order valence-corrected chi connectivity index (χ3v) is 1.49. The molecular weight excluding hydrogens is 142 g/mol. The van der Waals surface area contributed by atoms with Crippen LogP contribution in [0.3, 0.4) is 0 Å². The highest BCUT2D eigenvalue weighted by Gasteiger charge is 2.05. The molecule has 60 valence electrons. The van der Waals surface area contributed by atoms with Gasteiger partial charge in [-0.3, -0.25) is 0 Å². The van der Waals surface area contributed by atoms with Gasteiger partial charge in [-0.15, -0.1) is 5.10 Å². The zero-order chi connectivity index (χ0) is 8.27. The van der Waals surface area contributed by atoms with Gasteiger partial charge in [0.15, 0.2) is 0 Å². The Hall–Kier alpha value is -1.19. The zero-order valence-electron chi connectivity index (χ0n) is 6.69. The number of aromatic nitrogens is 3. The quantitative estimate of drug-likeness (QED) is 0.597. The smallest absolute Gasteiger partial charge is 0.141 e. The van der Waals surface area contributed by atoms with E-state index in [-0.39, 0.29) is 0 Å². The lowest BCUT2D eigenvalue weighted by Crippen LogP contribution is -2.06. The van der Waals surface area contributed by atoms with E-state index in [4.69, 9.17) is 0 Å². The van der Waals surface area contributed by atoms with Gasteiger partial charge in [-0.05, 0) is 5.92 Å².